The summed E-state index contributed by atoms with van der Waals surface area (Å²) in [7, 11) is 3.23. The lowest BCUT2D eigenvalue weighted by Gasteiger charge is -2.35. The van der Waals surface area contributed by atoms with Gasteiger partial charge in [0.25, 0.3) is 0 Å². The van der Waals surface area contributed by atoms with Gasteiger partial charge in [-0.15, -0.1) is 0 Å². The van der Waals surface area contributed by atoms with Crippen LogP contribution in [0.25, 0.3) is 0 Å². The molecule has 2 aliphatic heterocycles. The number of aliphatic hydroxyl groups is 1. The Balaban J connectivity index is 1.82. The van der Waals surface area contributed by atoms with E-state index in [2.05, 4.69) is 28.4 Å². The molecule has 11 heteroatoms. The third kappa shape index (κ3) is 7.13. The van der Waals surface area contributed by atoms with Crippen LogP contribution in [0.2, 0.25) is 0 Å². The largest absolute Gasteiger partial charge is 0.494 e. The average molecular weight is 530 g/mol. The Morgan fingerprint density at radius 2 is 2.21 bits per heavy atom. The highest BCUT2D eigenvalue weighted by molar-refractivity contribution is 5.85. The van der Waals surface area contributed by atoms with E-state index in [1.807, 2.05) is 24.1 Å². The second-order valence-corrected chi connectivity index (χ2v) is 9.43. The van der Waals surface area contributed by atoms with E-state index < -0.39 is 17.9 Å². The zero-order valence-electron chi connectivity index (χ0n) is 22.2. The molecule has 0 bridgehead atoms. The predicted octanol–water partition coefficient (Wildman–Crippen LogP) is 0.863. The molecule has 4 atom stereocenters. The van der Waals surface area contributed by atoms with Crippen molar-refractivity contribution in [1.82, 2.24) is 26.4 Å². The number of likely N-dealkylation sites (N-methyl/N-ethyl adjacent to an activating group) is 1. The van der Waals surface area contributed by atoms with Crippen LogP contribution in [0.4, 0.5) is 4.39 Å². The van der Waals surface area contributed by atoms with Crippen molar-refractivity contribution in [1.29, 1.82) is 0 Å². The van der Waals surface area contributed by atoms with Crippen molar-refractivity contribution in [3.63, 3.8) is 0 Å². The molecule has 0 aliphatic carbocycles. The molecule has 0 spiro atoms. The summed E-state index contributed by atoms with van der Waals surface area (Å²) in [4.78, 5) is 15.4. The number of hydrogen-bond donors (Lipinski definition) is 7. The van der Waals surface area contributed by atoms with Gasteiger partial charge in [-0.1, -0.05) is 31.6 Å². The second-order valence-electron chi connectivity index (χ2n) is 9.43. The molecule has 38 heavy (non-hydrogen) atoms. The maximum absolute atomic E-state index is 14.5. The maximum Gasteiger partial charge on any atom is 0.247 e. The first-order valence-electron chi connectivity index (χ1n) is 12.8. The Kier molecular flexibility index (Phi) is 10.7. The first-order valence-corrected chi connectivity index (χ1v) is 12.8. The summed E-state index contributed by atoms with van der Waals surface area (Å²) in [6.45, 7) is 3.15. The molecule has 208 valence electrons. The summed E-state index contributed by atoms with van der Waals surface area (Å²) >= 11 is 0. The molecule has 0 fully saturated rings. The van der Waals surface area contributed by atoms with Crippen LogP contribution in [0.1, 0.15) is 31.4 Å². The second kappa shape index (κ2) is 14.0. The summed E-state index contributed by atoms with van der Waals surface area (Å²) in [5, 5.41) is 15.1. The molecule has 10 nitrogen and oxygen atoms in total. The van der Waals surface area contributed by atoms with Gasteiger partial charge in [0, 0.05) is 49.8 Å². The third-order valence-electron chi connectivity index (χ3n) is 6.92. The number of amides is 1. The molecule has 0 saturated heterocycles. The Bertz CT molecular complexity index is 1090. The third-order valence-corrected chi connectivity index (χ3v) is 6.92. The normalized spacial score (nSPS) is 21.7. The highest BCUT2D eigenvalue weighted by atomic mass is 19.1. The van der Waals surface area contributed by atoms with E-state index in [9.17, 15) is 9.18 Å². The first-order chi connectivity index (χ1) is 18.3. The lowest BCUT2D eigenvalue weighted by molar-refractivity contribution is -0.124. The molecule has 1 aromatic rings. The molecule has 9 N–H and O–H groups in total. The van der Waals surface area contributed by atoms with Crippen molar-refractivity contribution in [2.24, 2.45) is 17.4 Å². The van der Waals surface area contributed by atoms with Crippen LogP contribution in [0.3, 0.4) is 0 Å². The number of nitrogens with zero attached hydrogens (tertiary/aromatic N) is 1. The number of nitrogens with two attached hydrogens (primary N) is 2. The molecule has 2 heterocycles. The van der Waals surface area contributed by atoms with E-state index in [-0.39, 0.29) is 30.3 Å². The number of ether oxygens (including phenoxy) is 1. The van der Waals surface area contributed by atoms with Gasteiger partial charge in [-0.2, -0.15) is 0 Å². The molecule has 1 amide bonds. The molecule has 0 radical (unpaired) electrons. The fourth-order valence-electron chi connectivity index (χ4n) is 4.71. The van der Waals surface area contributed by atoms with E-state index in [0.29, 0.717) is 25.1 Å². The number of benzene rings is 1. The van der Waals surface area contributed by atoms with E-state index in [1.165, 1.54) is 19.4 Å². The van der Waals surface area contributed by atoms with E-state index >= 15 is 0 Å². The van der Waals surface area contributed by atoms with Crippen molar-refractivity contribution in [2.45, 2.75) is 37.9 Å². The molecule has 2 aliphatic rings. The van der Waals surface area contributed by atoms with Crippen LogP contribution >= 0.6 is 0 Å². The average Bonchev–Trinajstić information content (AvgIpc) is 3.45. The van der Waals surface area contributed by atoms with Gasteiger partial charge in [0.15, 0.2) is 11.6 Å². The fraction of sp³-hybridized carbons (Fsp3) is 0.444. The Hall–Kier alpha value is -3.38. The SMILES string of the molecule is CCC(CNCO)CC(N)/C=C1\C(=C/N)C=CC(C(=O)NC(C2=CNNC2)c2ccc(OC)c(F)c2)N1C. The molecule has 1 aromatic carbocycles. The number of nitrogens with one attached hydrogen (secondary N) is 4. The van der Waals surface area contributed by atoms with Crippen molar-refractivity contribution < 1.29 is 19.0 Å². The summed E-state index contributed by atoms with van der Waals surface area (Å²) in [5.41, 5.74) is 21.3. The van der Waals surface area contributed by atoms with Crippen LogP contribution < -0.4 is 37.7 Å². The van der Waals surface area contributed by atoms with Crippen LogP contribution in [0.15, 0.2) is 65.7 Å². The number of rotatable bonds is 12. The lowest BCUT2D eigenvalue weighted by atomic mass is 9.94. The van der Waals surface area contributed by atoms with E-state index in [4.69, 9.17) is 21.3 Å². The van der Waals surface area contributed by atoms with Gasteiger partial charge in [-0.25, -0.2) is 9.82 Å². The molecular weight excluding hydrogens is 489 g/mol. The van der Waals surface area contributed by atoms with Gasteiger partial charge in [-0.3, -0.25) is 10.1 Å². The minimum atomic E-state index is -0.635. The molecule has 0 saturated carbocycles. The van der Waals surface area contributed by atoms with Gasteiger partial charge >= 0.3 is 0 Å². The standard InChI is InChI=1S/C27H40FN7O3/c1-4-17(13-31-16-36)9-21(30)11-24-19(12-29)5-7-23(35(24)2)27(37)34-26(20-14-32-33-15-20)18-6-8-25(38-3)22(28)10-18/h5-8,10-12,14,17,21,23,26,31-33,36H,4,9,13,15-16,29-30H2,1-3H3,(H,34,37)/b19-12-,24-11+. The summed E-state index contributed by atoms with van der Waals surface area (Å²) in [6, 6.07) is 3.19. The minimum absolute atomic E-state index is 0.0790. The number of methoxy groups -OCH3 is 1. The van der Waals surface area contributed by atoms with Crippen LogP contribution in [-0.4, -0.2) is 62.0 Å². The number of allylic oxidation sites excluding steroid dienone is 1. The number of carbonyl (C=O) groups excluding carboxylic acids is 1. The van der Waals surface area contributed by atoms with Gasteiger partial charge in [0.1, 0.15) is 6.04 Å². The number of hydrazine groups is 1. The Labute approximate surface area is 223 Å². The monoisotopic (exact) mass is 529 g/mol. The van der Waals surface area contributed by atoms with Crippen LogP contribution in [0.5, 0.6) is 5.75 Å². The highest BCUT2D eigenvalue weighted by Gasteiger charge is 2.31. The maximum atomic E-state index is 14.5. The Morgan fingerprint density at radius 1 is 1.42 bits per heavy atom. The summed E-state index contributed by atoms with van der Waals surface area (Å²) < 4.78 is 19.6. The van der Waals surface area contributed by atoms with Crippen molar-refractivity contribution in [3.8, 4) is 5.75 Å². The topological polar surface area (TPSA) is 150 Å². The number of hydrogen-bond acceptors (Lipinski definition) is 9. The van der Waals surface area contributed by atoms with Crippen LogP contribution in [-0.2, 0) is 4.79 Å². The summed E-state index contributed by atoms with van der Waals surface area (Å²) in [5.74, 6) is -0.340. The molecule has 4 unspecified atom stereocenters. The van der Waals surface area contributed by atoms with Gasteiger partial charge in [0.2, 0.25) is 5.91 Å². The van der Waals surface area contributed by atoms with Crippen LogP contribution in [0, 0.1) is 11.7 Å². The fourth-order valence-corrected chi connectivity index (χ4v) is 4.71. The first kappa shape index (κ1) is 29.2. The van der Waals surface area contributed by atoms with Gasteiger partial charge < -0.3 is 37.0 Å². The lowest BCUT2D eigenvalue weighted by Crippen LogP contribution is -2.47. The summed E-state index contributed by atoms with van der Waals surface area (Å²) in [6.07, 6.45) is 10.4. The zero-order valence-corrected chi connectivity index (χ0v) is 22.2. The van der Waals surface area contributed by atoms with Crippen molar-refractivity contribution >= 4 is 5.91 Å². The number of carbonyl (C=O) groups is 1. The quantitative estimate of drug-likeness (QED) is 0.196. The van der Waals surface area contributed by atoms with E-state index in [1.54, 1.807) is 24.4 Å². The van der Waals surface area contributed by atoms with Crippen molar-refractivity contribution in [3.05, 3.63) is 77.1 Å². The van der Waals surface area contributed by atoms with Crippen molar-refractivity contribution in [2.75, 3.05) is 34.0 Å². The Morgan fingerprint density at radius 3 is 2.82 bits per heavy atom. The smallest absolute Gasteiger partial charge is 0.247 e. The van der Waals surface area contributed by atoms with E-state index in [0.717, 1.165) is 23.3 Å². The minimum Gasteiger partial charge on any atom is -0.494 e. The molecule has 3 rings (SSSR count). The molecule has 0 aromatic heterocycles. The number of aliphatic hydroxyl groups excluding tert-OH is 1. The van der Waals surface area contributed by atoms with Gasteiger partial charge in [0.05, 0.1) is 19.9 Å². The predicted molar refractivity (Wildman–Crippen MR) is 146 cm³/mol. The highest BCUT2D eigenvalue weighted by Crippen LogP contribution is 2.29. The number of halogens is 1. The van der Waals surface area contributed by atoms with Gasteiger partial charge in [-0.05, 0) is 41.7 Å². The zero-order chi connectivity index (χ0) is 27.7. The molecular formula is C27H40FN7O3.